The van der Waals surface area contributed by atoms with Gasteiger partial charge < -0.3 is 9.67 Å². The van der Waals surface area contributed by atoms with Crippen molar-refractivity contribution in [1.82, 2.24) is 9.55 Å². The van der Waals surface area contributed by atoms with Crippen LogP contribution < -0.4 is 0 Å². The minimum atomic E-state index is -0.270. The van der Waals surface area contributed by atoms with Gasteiger partial charge in [-0.3, -0.25) is 0 Å². The SMILES string of the molecule is OCc1ccc(F)c(C2c3ccccc3-c3cncn32)c1. The lowest BCUT2D eigenvalue weighted by Gasteiger charge is -2.17. The molecule has 4 rings (SSSR count). The summed E-state index contributed by atoms with van der Waals surface area (Å²) >= 11 is 0. The van der Waals surface area contributed by atoms with Gasteiger partial charge in [-0.15, -0.1) is 0 Å². The van der Waals surface area contributed by atoms with E-state index in [9.17, 15) is 9.50 Å². The average molecular weight is 280 g/mol. The first-order chi connectivity index (χ1) is 10.3. The summed E-state index contributed by atoms with van der Waals surface area (Å²) in [7, 11) is 0. The molecule has 0 aliphatic carbocycles. The number of aliphatic hydroxyl groups is 1. The van der Waals surface area contributed by atoms with E-state index in [0.29, 0.717) is 11.1 Å². The van der Waals surface area contributed by atoms with Crippen LogP contribution in [0.1, 0.15) is 22.7 Å². The first-order valence-corrected chi connectivity index (χ1v) is 6.80. The summed E-state index contributed by atoms with van der Waals surface area (Å²) in [4.78, 5) is 4.18. The van der Waals surface area contributed by atoms with E-state index in [4.69, 9.17) is 0 Å². The summed E-state index contributed by atoms with van der Waals surface area (Å²) in [6.07, 6.45) is 3.53. The van der Waals surface area contributed by atoms with Crippen LogP contribution in [0.15, 0.2) is 55.0 Å². The molecule has 2 aromatic carbocycles. The zero-order valence-corrected chi connectivity index (χ0v) is 11.2. The van der Waals surface area contributed by atoms with Crippen LogP contribution in [0.2, 0.25) is 0 Å². The molecule has 1 aromatic heterocycles. The lowest BCUT2D eigenvalue weighted by Crippen LogP contribution is -2.09. The maximum Gasteiger partial charge on any atom is 0.128 e. The Balaban J connectivity index is 1.98. The zero-order chi connectivity index (χ0) is 14.4. The lowest BCUT2D eigenvalue weighted by molar-refractivity contribution is 0.281. The first-order valence-electron chi connectivity index (χ1n) is 6.80. The van der Waals surface area contributed by atoms with Gasteiger partial charge in [0.15, 0.2) is 0 Å². The lowest BCUT2D eigenvalue weighted by atomic mass is 9.95. The van der Waals surface area contributed by atoms with Gasteiger partial charge in [0.2, 0.25) is 0 Å². The van der Waals surface area contributed by atoms with Crippen molar-refractivity contribution < 1.29 is 9.50 Å². The topological polar surface area (TPSA) is 38.1 Å². The average Bonchev–Trinajstić information content (AvgIpc) is 3.09. The molecule has 1 aliphatic rings. The second-order valence-corrected chi connectivity index (χ2v) is 5.19. The highest BCUT2D eigenvalue weighted by Gasteiger charge is 2.31. The van der Waals surface area contributed by atoms with E-state index in [-0.39, 0.29) is 18.5 Å². The Kier molecular flexibility index (Phi) is 2.65. The summed E-state index contributed by atoms with van der Waals surface area (Å²) in [5.41, 5.74) is 4.39. The molecular formula is C17H13FN2O. The van der Waals surface area contributed by atoms with Gasteiger partial charge in [0.1, 0.15) is 5.82 Å². The van der Waals surface area contributed by atoms with Gasteiger partial charge in [-0.25, -0.2) is 9.37 Å². The normalized spacial score (nSPS) is 15.8. The molecule has 21 heavy (non-hydrogen) atoms. The fourth-order valence-corrected chi connectivity index (χ4v) is 3.06. The molecule has 0 saturated carbocycles. The molecule has 0 saturated heterocycles. The maximum absolute atomic E-state index is 14.3. The fourth-order valence-electron chi connectivity index (χ4n) is 3.06. The van der Waals surface area contributed by atoms with Crippen LogP contribution in [0.4, 0.5) is 4.39 Å². The van der Waals surface area contributed by atoms with E-state index < -0.39 is 0 Å². The number of halogens is 1. The first kappa shape index (κ1) is 12.3. The number of imidazole rings is 1. The van der Waals surface area contributed by atoms with Crippen molar-refractivity contribution in [2.75, 3.05) is 0 Å². The smallest absolute Gasteiger partial charge is 0.128 e. The van der Waals surface area contributed by atoms with Gasteiger partial charge in [0.25, 0.3) is 0 Å². The van der Waals surface area contributed by atoms with Crippen molar-refractivity contribution in [3.63, 3.8) is 0 Å². The van der Waals surface area contributed by atoms with Crippen molar-refractivity contribution >= 4 is 0 Å². The van der Waals surface area contributed by atoms with Gasteiger partial charge >= 0.3 is 0 Å². The van der Waals surface area contributed by atoms with E-state index in [1.165, 1.54) is 6.07 Å². The molecule has 0 spiro atoms. The summed E-state index contributed by atoms with van der Waals surface area (Å²) in [5.74, 6) is -0.270. The second-order valence-electron chi connectivity index (χ2n) is 5.19. The van der Waals surface area contributed by atoms with Gasteiger partial charge in [-0.2, -0.15) is 0 Å². The molecule has 0 bridgehead atoms. The minimum Gasteiger partial charge on any atom is -0.392 e. The standard InChI is InChI=1S/C17H13FN2O/c18-15-6-5-11(9-21)7-14(15)17-13-4-2-1-3-12(13)16-8-19-10-20(16)17/h1-8,10,17,21H,9H2. The number of aromatic nitrogens is 2. The van der Waals surface area contributed by atoms with Crippen LogP contribution in [0, 0.1) is 5.82 Å². The Hall–Kier alpha value is -2.46. The predicted molar refractivity (Wildman–Crippen MR) is 77.2 cm³/mol. The van der Waals surface area contributed by atoms with Crippen molar-refractivity contribution in [3.05, 3.63) is 77.5 Å². The van der Waals surface area contributed by atoms with Crippen molar-refractivity contribution in [1.29, 1.82) is 0 Å². The Labute approximate surface area is 121 Å². The van der Waals surface area contributed by atoms with Crippen LogP contribution in [-0.4, -0.2) is 14.7 Å². The van der Waals surface area contributed by atoms with Crippen molar-refractivity contribution in [2.45, 2.75) is 12.6 Å². The molecule has 0 radical (unpaired) electrons. The highest BCUT2D eigenvalue weighted by Crippen LogP contribution is 2.43. The number of benzene rings is 2. The monoisotopic (exact) mass is 280 g/mol. The van der Waals surface area contributed by atoms with Crippen molar-refractivity contribution in [3.8, 4) is 11.3 Å². The highest BCUT2D eigenvalue weighted by molar-refractivity contribution is 5.70. The van der Waals surface area contributed by atoms with Gasteiger partial charge in [0.05, 0.1) is 30.9 Å². The summed E-state index contributed by atoms with van der Waals surface area (Å²) < 4.78 is 16.3. The van der Waals surface area contributed by atoms with Gasteiger partial charge in [-0.05, 0) is 23.3 Å². The third-order valence-electron chi connectivity index (χ3n) is 4.01. The summed E-state index contributed by atoms with van der Waals surface area (Å²) in [6.45, 7) is -0.0988. The number of hydrogen-bond acceptors (Lipinski definition) is 2. The molecule has 1 atom stereocenters. The Morgan fingerprint density at radius 1 is 1.14 bits per heavy atom. The molecular weight excluding hydrogens is 267 g/mol. The van der Waals surface area contributed by atoms with Crippen LogP contribution in [0.3, 0.4) is 0 Å². The number of nitrogens with zero attached hydrogens (tertiary/aromatic N) is 2. The third kappa shape index (κ3) is 1.73. The highest BCUT2D eigenvalue weighted by atomic mass is 19.1. The van der Waals surface area contributed by atoms with E-state index >= 15 is 0 Å². The molecule has 0 fully saturated rings. The van der Waals surface area contributed by atoms with Crippen molar-refractivity contribution in [2.24, 2.45) is 0 Å². The molecule has 104 valence electrons. The van der Waals surface area contributed by atoms with Crippen LogP contribution >= 0.6 is 0 Å². The third-order valence-corrected chi connectivity index (χ3v) is 4.01. The molecule has 2 heterocycles. The molecule has 1 unspecified atom stereocenters. The molecule has 1 aliphatic heterocycles. The molecule has 4 heteroatoms. The fraction of sp³-hybridized carbons (Fsp3) is 0.118. The molecule has 0 amide bonds. The van der Waals surface area contributed by atoms with E-state index in [0.717, 1.165) is 16.8 Å². The molecule has 3 aromatic rings. The second kappa shape index (κ2) is 4.53. The maximum atomic E-state index is 14.3. The predicted octanol–water partition coefficient (Wildman–Crippen LogP) is 3.13. The van der Waals surface area contributed by atoms with E-state index in [1.807, 2.05) is 28.8 Å². The Morgan fingerprint density at radius 2 is 2.00 bits per heavy atom. The number of rotatable bonds is 2. The summed E-state index contributed by atoms with van der Waals surface area (Å²) in [5, 5.41) is 9.30. The Bertz CT molecular complexity index is 825. The van der Waals surface area contributed by atoms with E-state index in [1.54, 1.807) is 24.7 Å². The zero-order valence-electron chi connectivity index (χ0n) is 11.2. The van der Waals surface area contributed by atoms with Crippen LogP contribution in [-0.2, 0) is 6.61 Å². The number of aliphatic hydroxyl groups excluding tert-OH is 1. The van der Waals surface area contributed by atoms with E-state index in [2.05, 4.69) is 4.98 Å². The number of fused-ring (bicyclic) bond motifs is 3. The van der Waals surface area contributed by atoms with Gasteiger partial charge in [0, 0.05) is 11.1 Å². The molecule has 1 N–H and O–H groups in total. The summed E-state index contributed by atoms with van der Waals surface area (Å²) in [6, 6.07) is 12.5. The number of hydrogen-bond donors (Lipinski definition) is 1. The van der Waals surface area contributed by atoms with Crippen LogP contribution in [0.25, 0.3) is 11.3 Å². The van der Waals surface area contributed by atoms with Crippen LogP contribution in [0.5, 0.6) is 0 Å². The van der Waals surface area contributed by atoms with Gasteiger partial charge in [-0.1, -0.05) is 30.3 Å². The Morgan fingerprint density at radius 3 is 2.86 bits per heavy atom. The largest absolute Gasteiger partial charge is 0.392 e. The minimum absolute atomic E-state index is 0.0988. The molecule has 3 nitrogen and oxygen atoms in total. The quantitative estimate of drug-likeness (QED) is 0.612.